The lowest BCUT2D eigenvalue weighted by molar-refractivity contribution is -0.112. The second-order valence-electron chi connectivity index (χ2n) is 2.77. The molecular weight excluding hydrogens is 180 g/mol. The van der Waals surface area contributed by atoms with Gasteiger partial charge in [-0.15, -0.1) is 11.3 Å². The van der Waals surface area contributed by atoms with Crippen LogP contribution in [-0.2, 0) is 4.79 Å². The molecule has 0 N–H and O–H groups in total. The molecule has 1 aromatic heterocycles. The molecule has 0 spiro atoms. The van der Waals surface area contributed by atoms with Gasteiger partial charge < -0.3 is 0 Å². The molecule has 2 atom stereocenters. The zero-order valence-electron chi connectivity index (χ0n) is 5.79. The van der Waals surface area contributed by atoms with E-state index in [1.165, 1.54) is 4.88 Å². The molecule has 3 heteroatoms. The molecule has 1 aliphatic rings. The number of carbonyl (C=O) groups is 1. The molecule has 0 bridgehead atoms. The topological polar surface area (TPSA) is 17.1 Å². The average Bonchev–Trinajstić information content (AvgIpc) is 2.60. The van der Waals surface area contributed by atoms with Crippen molar-refractivity contribution < 1.29 is 4.79 Å². The van der Waals surface area contributed by atoms with Crippen LogP contribution < -0.4 is 0 Å². The maximum Gasteiger partial charge on any atom is 0.225 e. The molecule has 11 heavy (non-hydrogen) atoms. The third-order valence-corrected chi connectivity index (χ3v) is 3.28. The highest BCUT2D eigenvalue weighted by Gasteiger charge is 2.43. The Morgan fingerprint density at radius 3 is 3.00 bits per heavy atom. The third kappa shape index (κ3) is 1.33. The second kappa shape index (κ2) is 2.61. The number of rotatable bonds is 2. The van der Waals surface area contributed by atoms with E-state index in [1.54, 1.807) is 11.3 Å². The summed E-state index contributed by atoms with van der Waals surface area (Å²) >= 11 is 7.06. The molecule has 0 aromatic carbocycles. The van der Waals surface area contributed by atoms with E-state index in [4.69, 9.17) is 11.6 Å². The molecule has 0 saturated heterocycles. The number of hydrogen-bond acceptors (Lipinski definition) is 2. The largest absolute Gasteiger partial charge is 0.281 e. The minimum absolute atomic E-state index is 0.107. The summed E-state index contributed by atoms with van der Waals surface area (Å²) < 4.78 is 0. The molecule has 0 aliphatic heterocycles. The van der Waals surface area contributed by atoms with E-state index in [1.807, 2.05) is 11.4 Å². The molecule has 1 nitrogen and oxygen atoms in total. The Balaban J connectivity index is 2.08. The molecule has 1 heterocycles. The Labute approximate surface area is 74.0 Å². The van der Waals surface area contributed by atoms with Crippen molar-refractivity contribution in [2.75, 3.05) is 0 Å². The van der Waals surface area contributed by atoms with Gasteiger partial charge in [0, 0.05) is 16.7 Å². The van der Waals surface area contributed by atoms with Crippen LogP contribution in [0.3, 0.4) is 0 Å². The van der Waals surface area contributed by atoms with Crippen molar-refractivity contribution in [2.45, 2.75) is 12.3 Å². The van der Waals surface area contributed by atoms with Gasteiger partial charge in [0.15, 0.2) is 0 Å². The van der Waals surface area contributed by atoms with Crippen LogP contribution in [0.4, 0.5) is 0 Å². The first-order valence-corrected chi connectivity index (χ1v) is 4.77. The summed E-state index contributed by atoms with van der Waals surface area (Å²) in [6, 6.07) is 4.07. The van der Waals surface area contributed by atoms with Crippen molar-refractivity contribution in [3.8, 4) is 0 Å². The van der Waals surface area contributed by atoms with E-state index in [0.29, 0.717) is 5.92 Å². The Kier molecular flexibility index (Phi) is 1.74. The van der Waals surface area contributed by atoms with Crippen molar-refractivity contribution in [1.82, 2.24) is 0 Å². The summed E-state index contributed by atoms with van der Waals surface area (Å²) in [4.78, 5) is 12.0. The van der Waals surface area contributed by atoms with Crippen molar-refractivity contribution in [3.63, 3.8) is 0 Å². The molecule has 2 rings (SSSR count). The average molecular weight is 187 g/mol. The number of thiophene rings is 1. The SMILES string of the molecule is O=C(Cl)C1CC1c1cccs1. The van der Waals surface area contributed by atoms with Crippen LogP contribution in [0.5, 0.6) is 0 Å². The number of halogens is 1. The van der Waals surface area contributed by atoms with E-state index in [-0.39, 0.29) is 11.2 Å². The first-order chi connectivity index (χ1) is 5.29. The van der Waals surface area contributed by atoms with Gasteiger partial charge in [0.2, 0.25) is 5.24 Å². The van der Waals surface area contributed by atoms with E-state index in [2.05, 4.69) is 6.07 Å². The summed E-state index contributed by atoms with van der Waals surface area (Å²) in [7, 11) is 0. The Morgan fingerprint density at radius 1 is 1.73 bits per heavy atom. The predicted molar refractivity (Wildman–Crippen MR) is 46.0 cm³/mol. The van der Waals surface area contributed by atoms with Crippen molar-refractivity contribution in [3.05, 3.63) is 22.4 Å². The molecule has 0 amide bonds. The highest BCUT2D eigenvalue weighted by atomic mass is 35.5. The van der Waals surface area contributed by atoms with Gasteiger partial charge in [0.1, 0.15) is 0 Å². The molecule has 1 fully saturated rings. The van der Waals surface area contributed by atoms with Gasteiger partial charge in [-0.2, -0.15) is 0 Å². The molecule has 1 aliphatic carbocycles. The van der Waals surface area contributed by atoms with Crippen molar-refractivity contribution in [2.24, 2.45) is 5.92 Å². The predicted octanol–water partition coefficient (Wildman–Crippen LogP) is 2.62. The van der Waals surface area contributed by atoms with Gasteiger partial charge in [-0.05, 0) is 29.5 Å². The Morgan fingerprint density at radius 2 is 2.55 bits per heavy atom. The fraction of sp³-hybridized carbons (Fsp3) is 0.375. The van der Waals surface area contributed by atoms with Gasteiger partial charge in [-0.1, -0.05) is 6.07 Å². The Bertz CT molecular complexity index is 268. The van der Waals surface area contributed by atoms with Gasteiger partial charge in [0.25, 0.3) is 0 Å². The van der Waals surface area contributed by atoms with Crippen LogP contribution in [0.25, 0.3) is 0 Å². The van der Waals surface area contributed by atoms with E-state index < -0.39 is 0 Å². The fourth-order valence-corrected chi connectivity index (χ4v) is 2.41. The van der Waals surface area contributed by atoms with Crippen LogP contribution >= 0.6 is 22.9 Å². The minimum Gasteiger partial charge on any atom is -0.281 e. The summed E-state index contributed by atoms with van der Waals surface area (Å²) in [6.07, 6.45) is 0.947. The van der Waals surface area contributed by atoms with Gasteiger partial charge in [0.05, 0.1) is 0 Å². The van der Waals surface area contributed by atoms with Crippen LogP contribution in [0.1, 0.15) is 17.2 Å². The molecular formula is C8H7ClOS. The van der Waals surface area contributed by atoms with E-state index >= 15 is 0 Å². The van der Waals surface area contributed by atoms with Crippen LogP contribution in [0.15, 0.2) is 17.5 Å². The molecule has 1 saturated carbocycles. The first-order valence-electron chi connectivity index (χ1n) is 3.52. The minimum atomic E-state index is -0.177. The smallest absolute Gasteiger partial charge is 0.225 e. The normalized spacial score (nSPS) is 28.5. The van der Waals surface area contributed by atoms with Crippen LogP contribution in [0, 0.1) is 5.92 Å². The van der Waals surface area contributed by atoms with Crippen molar-refractivity contribution >= 4 is 28.2 Å². The second-order valence-corrected chi connectivity index (χ2v) is 4.12. The summed E-state index contributed by atoms with van der Waals surface area (Å²) in [5.74, 6) is 0.537. The van der Waals surface area contributed by atoms with Crippen LogP contribution in [-0.4, -0.2) is 5.24 Å². The van der Waals surface area contributed by atoms with Crippen molar-refractivity contribution in [1.29, 1.82) is 0 Å². The summed E-state index contributed by atoms with van der Waals surface area (Å²) in [5, 5.41) is 1.85. The van der Waals surface area contributed by atoms with Gasteiger partial charge in [-0.25, -0.2) is 0 Å². The van der Waals surface area contributed by atoms with E-state index in [0.717, 1.165) is 6.42 Å². The zero-order chi connectivity index (χ0) is 7.84. The quantitative estimate of drug-likeness (QED) is 0.649. The lowest BCUT2D eigenvalue weighted by Gasteiger charge is -1.88. The fourth-order valence-electron chi connectivity index (χ4n) is 1.26. The number of carbonyl (C=O) groups excluding carboxylic acids is 1. The van der Waals surface area contributed by atoms with Gasteiger partial charge in [-0.3, -0.25) is 4.79 Å². The lowest BCUT2D eigenvalue weighted by Crippen LogP contribution is -1.89. The maximum atomic E-state index is 10.7. The monoisotopic (exact) mass is 186 g/mol. The summed E-state index contributed by atoms with van der Waals surface area (Å²) in [6.45, 7) is 0. The zero-order valence-corrected chi connectivity index (χ0v) is 7.36. The standard InChI is InChI=1S/C8H7ClOS/c9-8(10)6-4-5(6)7-2-1-3-11-7/h1-3,5-6H,4H2. The molecule has 58 valence electrons. The van der Waals surface area contributed by atoms with Gasteiger partial charge >= 0.3 is 0 Å². The number of hydrogen-bond donors (Lipinski definition) is 0. The molecule has 1 aromatic rings. The maximum absolute atomic E-state index is 10.7. The lowest BCUT2D eigenvalue weighted by atomic mass is 10.3. The molecule has 2 unspecified atom stereocenters. The first kappa shape index (κ1) is 7.32. The Hall–Kier alpha value is -0.340. The third-order valence-electron chi connectivity index (χ3n) is 1.99. The van der Waals surface area contributed by atoms with Crippen LogP contribution in [0.2, 0.25) is 0 Å². The van der Waals surface area contributed by atoms with E-state index in [9.17, 15) is 4.79 Å². The highest BCUT2D eigenvalue weighted by Crippen LogP contribution is 2.50. The molecule has 0 radical (unpaired) electrons. The highest BCUT2D eigenvalue weighted by molar-refractivity contribution is 7.10. The summed E-state index contributed by atoms with van der Waals surface area (Å²) in [5.41, 5.74) is 0.